The molecule has 2 aromatic carbocycles. The normalized spacial score (nSPS) is 15.9. The highest BCUT2D eigenvalue weighted by Gasteiger charge is 2.21. The average Bonchev–Trinajstić information content (AvgIpc) is 3.49. The molecule has 8 heteroatoms. The van der Waals surface area contributed by atoms with Gasteiger partial charge in [0.05, 0.1) is 36.4 Å². The van der Waals surface area contributed by atoms with Crippen molar-refractivity contribution in [2.24, 2.45) is 0 Å². The minimum atomic E-state index is -0.0330. The fraction of sp³-hybridized carbons (Fsp3) is 0.320. The highest BCUT2D eigenvalue weighted by Crippen LogP contribution is 2.28. The fourth-order valence-corrected chi connectivity index (χ4v) is 4.97. The molecule has 1 atom stereocenters. The van der Waals surface area contributed by atoms with Crippen LogP contribution in [0.25, 0.3) is 22.4 Å². The van der Waals surface area contributed by atoms with Gasteiger partial charge < -0.3 is 13.9 Å². The number of hydrogen-bond acceptors (Lipinski definition) is 7. The number of rotatable bonds is 7. The van der Waals surface area contributed by atoms with Crippen LogP contribution in [-0.4, -0.2) is 34.4 Å². The zero-order valence-corrected chi connectivity index (χ0v) is 19.4. The number of para-hydroxylation sites is 1. The van der Waals surface area contributed by atoms with Crippen LogP contribution < -0.4 is 10.3 Å². The topological polar surface area (TPSA) is 79.4 Å². The number of oxazole rings is 1. The van der Waals surface area contributed by atoms with Gasteiger partial charge in [-0.15, -0.1) is 0 Å². The summed E-state index contributed by atoms with van der Waals surface area (Å²) in [5.41, 5.74) is 2.38. The molecule has 0 saturated carbocycles. The third-order valence-corrected chi connectivity index (χ3v) is 6.79. The van der Waals surface area contributed by atoms with Crippen LogP contribution in [0.1, 0.15) is 24.3 Å². The summed E-state index contributed by atoms with van der Waals surface area (Å²) in [4.78, 5) is 22.8. The monoisotopic (exact) mass is 463 g/mol. The molecule has 1 aliphatic heterocycles. The van der Waals surface area contributed by atoms with Gasteiger partial charge in [0.2, 0.25) is 5.89 Å². The highest BCUT2D eigenvalue weighted by molar-refractivity contribution is 7.98. The van der Waals surface area contributed by atoms with Gasteiger partial charge in [0.1, 0.15) is 11.5 Å². The lowest BCUT2D eigenvalue weighted by atomic mass is 10.2. The summed E-state index contributed by atoms with van der Waals surface area (Å²) in [5, 5.41) is 1.29. The second kappa shape index (κ2) is 9.41. The molecule has 0 aliphatic carbocycles. The second-order valence-electron chi connectivity index (χ2n) is 8.00. The Morgan fingerprint density at radius 1 is 1.15 bits per heavy atom. The fourth-order valence-electron chi connectivity index (χ4n) is 3.96. The van der Waals surface area contributed by atoms with E-state index in [0.29, 0.717) is 34.2 Å². The maximum atomic E-state index is 13.3. The van der Waals surface area contributed by atoms with Gasteiger partial charge in [0.15, 0.2) is 5.16 Å². The first-order chi connectivity index (χ1) is 16.1. The van der Waals surface area contributed by atoms with Gasteiger partial charge in [0, 0.05) is 17.9 Å². The zero-order chi connectivity index (χ0) is 22.8. The summed E-state index contributed by atoms with van der Waals surface area (Å²) in [6.07, 6.45) is 2.02. The molecule has 0 spiro atoms. The summed E-state index contributed by atoms with van der Waals surface area (Å²) in [6, 6.07) is 15.1. The Morgan fingerprint density at radius 2 is 1.97 bits per heavy atom. The molecule has 4 aromatic rings. The van der Waals surface area contributed by atoms with Gasteiger partial charge in [-0.05, 0) is 56.2 Å². The standard InChI is InChI=1S/C25H25N3O4S/c1-16-22(26-23(32-16)17-9-11-18(30-2)12-10-17)15-33-25-27-21-8-4-3-7-20(21)24(29)28(25)14-19-6-5-13-31-19/h3-4,7-12,19H,5-6,13-15H2,1-2H3/t19-/m0/s1. The van der Waals surface area contributed by atoms with E-state index in [0.717, 1.165) is 42.2 Å². The number of aromatic nitrogens is 3. The van der Waals surface area contributed by atoms with E-state index in [1.54, 1.807) is 11.7 Å². The van der Waals surface area contributed by atoms with Gasteiger partial charge >= 0.3 is 0 Å². The molecule has 7 nitrogen and oxygen atoms in total. The van der Waals surface area contributed by atoms with Crippen molar-refractivity contribution in [3.63, 3.8) is 0 Å². The summed E-state index contributed by atoms with van der Waals surface area (Å²) in [5.74, 6) is 2.64. The zero-order valence-electron chi connectivity index (χ0n) is 18.6. The van der Waals surface area contributed by atoms with Crippen LogP contribution in [0.2, 0.25) is 0 Å². The molecule has 1 saturated heterocycles. The number of fused-ring (bicyclic) bond motifs is 1. The van der Waals surface area contributed by atoms with Gasteiger partial charge in [-0.1, -0.05) is 23.9 Å². The Morgan fingerprint density at radius 3 is 2.73 bits per heavy atom. The molecular weight excluding hydrogens is 438 g/mol. The molecule has 1 fully saturated rings. The summed E-state index contributed by atoms with van der Waals surface area (Å²) in [7, 11) is 1.64. The van der Waals surface area contributed by atoms with Gasteiger partial charge in [-0.2, -0.15) is 0 Å². The SMILES string of the molecule is COc1ccc(-c2nc(CSc3nc4ccccc4c(=O)n3C[C@@H]3CCCO3)c(C)o2)cc1. The van der Waals surface area contributed by atoms with Crippen LogP contribution in [0.5, 0.6) is 5.75 Å². The van der Waals surface area contributed by atoms with Crippen molar-refractivity contribution in [2.45, 2.75) is 43.3 Å². The molecule has 5 rings (SSSR count). The van der Waals surface area contributed by atoms with Gasteiger partial charge in [-0.25, -0.2) is 9.97 Å². The molecular formula is C25H25N3O4S. The van der Waals surface area contributed by atoms with E-state index in [4.69, 9.17) is 23.9 Å². The molecule has 0 unspecified atom stereocenters. The lowest BCUT2D eigenvalue weighted by molar-refractivity contribution is 0.0937. The molecule has 2 aromatic heterocycles. The van der Waals surface area contributed by atoms with Crippen LogP contribution in [-0.2, 0) is 17.0 Å². The van der Waals surface area contributed by atoms with Gasteiger partial charge in [-0.3, -0.25) is 9.36 Å². The molecule has 0 N–H and O–H groups in total. The maximum Gasteiger partial charge on any atom is 0.262 e. The molecule has 0 bridgehead atoms. The van der Waals surface area contributed by atoms with Crippen LogP contribution >= 0.6 is 11.8 Å². The number of benzene rings is 2. The molecule has 1 aliphatic rings. The maximum absolute atomic E-state index is 13.3. The first kappa shape index (κ1) is 21.7. The number of nitrogens with zero attached hydrogens (tertiary/aromatic N) is 3. The van der Waals surface area contributed by atoms with Crippen molar-refractivity contribution >= 4 is 22.7 Å². The molecule has 0 radical (unpaired) electrons. The quantitative estimate of drug-likeness (QED) is 0.287. The van der Waals surface area contributed by atoms with E-state index in [1.165, 1.54) is 11.8 Å². The van der Waals surface area contributed by atoms with E-state index in [9.17, 15) is 4.79 Å². The minimum Gasteiger partial charge on any atom is -0.497 e. The Balaban J connectivity index is 1.43. The van der Waals surface area contributed by atoms with Crippen LogP contribution in [0.15, 0.2) is 62.9 Å². The lowest BCUT2D eigenvalue weighted by Crippen LogP contribution is -2.28. The van der Waals surface area contributed by atoms with Crippen molar-refractivity contribution in [3.8, 4) is 17.2 Å². The molecule has 170 valence electrons. The van der Waals surface area contributed by atoms with Crippen LogP contribution in [0.4, 0.5) is 0 Å². The number of hydrogen-bond donors (Lipinski definition) is 0. The number of aryl methyl sites for hydroxylation is 1. The van der Waals surface area contributed by atoms with E-state index in [1.807, 2.05) is 55.5 Å². The van der Waals surface area contributed by atoms with Crippen LogP contribution in [0, 0.1) is 6.92 Å². The minimum absolute atomic E-state index is 0.0330. The second-order valence-corrected chi connectivity index (χ2v) is 8.94. The number of methoxy groups -OCH3 is 1. The Labute approximate surface area is 195 Å². The summed E-state index contributed by atoms with van der Waals surface area (Å²) < 4.78 is 18.7. The summed E-state index contributed by atoms with van der Waals surface area (Å²) >= 11 is 1.50. The predicted molar refractivity (Wildman–Crippen MR) is 128 cm³/mol. The Hall–Kier alpha value is -3.10. The number of thioether (sulfide) groups is 1. The Bertz CT molecular complexity index is 1320. The van der Waals surface area contributed by atoms with Gasteiger partial charge in [0.25, 0.3) is 5.56 Å². The molecule has 3 heterocycles. The molecule has 33 heavy (non-hydrogen) atoms. The third kappa shape index (κ3) is 4.54. The van der Waals surface area contributed by atoms with Crippen molar-refractivity contribution in [1.82, 2.24) is 14.5 Å². The van der Waals surface area contributed by atoms with Crippen molar-refractivity contribution in [2.75, 3.05) is 13.7 Å². The van der Waals surface area contributed by atoms with Crippen molar-refractivity contribution < 1.29 is 13.9 Å². The van der Waals surface area contributed by atoms with Crippen LogP contribution in [0.3, 0.4) is 0 Å². The number of ether oxygens (including phenoxy) is 2. The van der Waals surface area contributed by atoms with E-state index in [-0.39, 0.29) is 11.7 Å². The predicted octanol–water partition coefficient (Wildman–Crippen LogP) is 4.84. The van der Waals surface area contributed by atoms with E-state index < -0.39 is 0 Å². The van der Waals surface area contributed by atoms with E-state index >= 15 is 0 Å². The first-order valence-electron chi connectivity index (χ1n) is 11.0. The lowest BCUT2D eigenvalue weighted by Gasteiger charge is -2.16. The first-order valence-corrected chi connectivity index (χ1v) is 12.0. The van der Waals surface area contributed by atoms with E-state index in [2.05, 4.69) is 0 Å². The molecule has 0 amide bonds. The smallest absolute Gasteiger partial charge is 0.262 e. The van der Waals surface area contributed by atoms with Crippen molar-refractivity contribution in [1.29, 1.82) is 0 Å². The largest absolute Gasteiger partial charge is 0.497 e. The Kier molecular flexibility index (Phi) is 6.20. The van der Waals surface area contributed by atoms with Crippen molar-refractivity contribution in [3.05, 3.63) is 70.3 Å². The average molecular weight is 464 g/mol. The highest BCUT2D eigenvalue weighted by atomic mass is 32.2. The summed E-state index contributed by atoms with van der Waals surface area (Å²) in [6.45, 7) is 3.16. The third-order valence-electron chi connectivity index (χ3n) is 5.80.